The van der Waals surface area contributed by atoms with Crippen LogP contribution in [0.1, 0.15) is 1.43 Å². The zero-order chi connectivity index (χ0) is 0. The molecule has 0 aliphatic heterocycles. The fourth-order valence-corrected chi connectivity index (χ4v) is 0. The van der Waals surface area contributed by atoms with Crippen molar-refractivity contribution in [2.75, 3.05) is 0 Å². The first-order valence-electron chi connectivity index (χ1n) is 0. The minimum atomic E-state index is 0. The SMILES string of the molecule is O.[H-].[K+].[V].[Zn]. The van der Waals surface area contributed by atoms with E-state index in [1.54, 1.807) is 0 Å². The van der Waals surface area contributed by atoms with E-state index in [1.165, 1.54) is 0 Å². The third-order valence-electron chi connectivity index (χ3n) is 0. The number of hydrogen-bond acceptors (Lipinski definition) is 0. The van der Waals surface area contributed by atoms with Crippen LogP contribution in [0.5, 0.6) is 0 Å². The summed E-state index contributed by atoms with van der Waals surface area (Å²) in [6, 6.07) is 0. The molecule has 0 aromatic heterocycles. The Labute approximate surface area is 94.1 Å². The molecule has 17 valence electrons. The zero-order valence-electron chi connectivity index (χ0n) is 3.65. The Hall–Kier alpha value is 2.80. The van der Waals surface area contributed by atoms with E-state index in [0.29, 0.717) is 0 Å². The van der Waals surface area contributed by atoms with E-state index in [1.807, 2.05) is 0 Å². The molecular weight excluding hydrogens is 171 g/mol. The first-order valence-corrected chi connectivity index (χ1v) is 0. The molecule has 0 saturated carbocycles. The second-order valence-electron chi connectivity index (χ2n) is 0. The molecule has 0 amide bonds. The molecule has 0 spiro atoms. The third kappa shape index (κ3) is 8.84. The van der Waals surface area contributed by atoms with Crippen LogP contribution in [-0.2, 0) is 38.0 Å². The van der Waals surface area contributed by atoms with E-state index in [9.17, 15) is 0 Å². The van der Waals surface area contributed by atoms with Gasteiger partial charge in [-0.3, -0.25) is 0 Å². The largest absolute Gasteiger partial charge is 1.00 e. The van der Waals surface area contributed by atoms with Crippen molar-refractivity contribution in [3.05, 3.63) is 0 Å². The second-order valence-corrected chi connectivity index (χ2v) is 0. The molecule has 0 heterocycles. The summed E-state index contributed by atoms with van der Waals surface area (Å²) in [6.45, 7) is 0. The first-order chi connectivity index (χ1) is 0. The van der Waals surface area contributed by atoms with Crippen molar-refractivity contribution >= 4 is 0 Å². The van der Waals surface area contributed by atoms with E-state index in [2.05, 4.69) is 0 Å². The van der Waals surface area contributed by atoms with Gasteiger partial charge in [0.15, 0.2) is 0 Å². The van der Waals surface area contributed by atoms with Crippen molar-refractivity contribution in [1.29, 1.82) is 0 Å². The van der Waals surface area contributed by atoms with Crippen LogP contribution >= 0.6 is 0 Å². The molecule has 0 rings (SSSR count). The quantitative estimate of drug-likeness (QED) is 0.339. The predicted octanol–water partition coefficient (Wildman–Crippen LogP) is -3.71. The summed E-state index contributed by atoms with van der Waals surface area (Å²) in [5.41, 5.74) is 0. The molecule has 0 aromatic carbocycles. The summed E-state index contributed by atoms with van der Waals surface area (Å²) in [5, 5.41) is 0. The van der Waals surface area contributed by atoms with E-state index < -0.39 is 0 Å². The topological polar surface area (TPSA) is 31.5 Å². The van der Waals surface area contributed by atoms with Crippen molar-refractivity contribution in [3.63, 3.8) is 0 Å². The summed E-state index contributed by atoms with van der Waals surface area (Å²) in [4.78, 5) is 0. The van der Waals surface area contributed by atoms with Crippen LogP contribution in [0, 0.1) is 0 Å². The van der Waals surface area contributed by atoms with Crippen molar-refractivity contribution < 1.29 is 96.3 Å². The van der Waals surface area contributed by atoms with Gasteiger partial charge in [-0.2, -0.15) is 0 Å². The van der Waals surface area contributed by atoms with Gasteiger partial charge in [0, 0.05) is 38.0 Å². The Kier molecular flexibility index (Phi) is 124. The molecule has 0 unspecified atom stereocenters. The van der Waals surface area contributed by atoms with E-state index in [0.717, 1.165) is 0 Å². The molecule has 1 radical (unpaired) electrons. The predicted molar refractivity (Wildman–Crippen MR) is 4.73 cm³/mol. The third-order valence-corrected chi connectivity index (χ3v) is 0. The molecule has 2 N–H and O–H groups in total. The molecule has 0 aliphatic rings. The van der Waals surface area contributed by atoms with Gasteiger partial charge >= 0.3 is 51.4 Å². The second kappa shape index (κ2) is 17.0. The summed E-state index contributed by atoms with van der Waals surface area (Å²) in [5.74, 6) is 0. The molecule has 0 saturated heterocycles. The van der Waals surface area contributed by atoms with Gasteiger partial charge in [0.2, 0.25) is 0 Å². The molecule has 4 heavy (non-hydrogen) atoms. The molecule has 0 atom stereocenters. The fourth-order valence-electron chi connectivity index (χ4n) is 0. The van der Waals surface area contributed by atoms with E-state index >= 15 is 0 Å². The van der Waals surface area contributed by atoms with Crippen LogP contribution in [0.25, 0.3) is 0 Å². The number of rotatable bonds is 0. The summed E-state index contributed by atoms with van der Waals surface area (Å²) >= 11 is 0. The Balaban J connectivity index is 0. The van der Waals surface area contributed by atoms with Gasteiger partial charge in [-0.1, -0.05) is 0 Å². The van der Waals surface area contributed by atoms with Crippen LogP contribution < -0.4 is 51.4 Å². The Morgan fingerprint density at radius 3 is 1.25 bits per heavy atom. The molecule has 1 nitrogen and oxygen atoms in total. The Morgan fingerprint density at radius 2 is 1.25 bits per heavy atom. The average molecular weight is 174 g/mol. The summed E-state index contributed by atoms with van der Waals surface area (Å²) in [7, 11) is 0. The minimum absolute atomic E-state index is 0. The maximum absolute atomic E-state index is 0. The maximum Gasteiger partial charge on any atom is 1.00 e. The Morgan fingerprint density at radius 1 is 1.25 bits per heavy atom. The normalized spacial score (nSPS) is 0. The summed E-state index contributed by atoms with van der Waals surface area (Å²) in [6.07, 6.45) is 0. The van der Waals surface area contributed by atoms with Crippen LogP contribution in [0.4, 0.5) is 0 Å². The van der Waals surface area contributed by atoms with Crippen LogP contribution in [-0.4, -0.2) is 5.48 Å². The monoisotopic (exact) mass is 173 g/mol. The fraction of sp³-hybridized carbons (Fsp3) is 0. The van der Waals surface area contributed by atoms with Crippen molar-refractivity contribution in [2.24, 2.45) is 0 Å². The van der Waals surface area contributed by atoms with Gasteiger partial charge in [0.25, 0.3) is 0 Å². The van der Waals surface area contributed by atoms with Gasteiger partial charge in [-0.25, -0.2) is 0 Å². The van der Waals surface area contributed by atoms with Gasteiger partial charge in [-0.05, 0) is 0 Å². The molecule has 0 bridgehead atoms. The molecule has 0 aromatic rings. The summed E-state index contributed by atoms with van der Waals surface area (Å²) < 4.78 is 0. The van der Waals surface area contributed by atoms with Gasteiger partial charge in [0.05, 0.1) is 0 Å². The average Bonchev–Trinajstić information content (AvgIpc) is 0. The van der Waals surface area contributed by atoms with Gasteiger partial charge in [-0.15, -0.1) is 0 Å². The minimum Gasteiger partial charge on any atom is -1.00 e. The molecule has 0 aliphatic carbocycles. The van der Waals surface area contributed by atoms with Crippen LogP contribution in [0.2, 0.25) is 0 Å². The number of hydrogen-bond donors (Lipinski definition) is 0. The molecule has 4 heteroatoms. The smallest absolute Gasteiger partial charge is 1.00 e. The van der Waals surface area contributed by atoms with Crippen molar-refractivity contribution in [1.82, 2.24) is 0 Å². The van der Waals surface area contributed by atoms with Crippen molar-refractivity contribution in [3.8, 4) is 0 Å². The van der Waals surface area contributed by atoms with E-state index in [-0.39, 0.29) is 96.3 Å². The molecule has 0 fully saturated rings. The van der Waals surface area contributed by atoms with Crippen LogP contribution in [0.3, 0.4) is 0 Å². The van der Waals surface area contributed by atoms with Crippen molar-refractivity contribution in [2.45, 2.75) is 0 Å². The Bertz CT molecular complexity index is 11.6. The zero-order valence-corrected chi connectivity index (χ0v) is 10.1. The van der Waals surface area contributed by atoms with Gasteiger partial charge in [0.1, 0.15) is 0 Å². The van der Waals surface area contributed by atoms with Gasteiger partial charge < -0.3 is 6.90 Å². The van der Waals surface area contributed by atoms with Crippen LogP contribution in [0.15, 0.2) is 0 Å². The maximum atomic E-state index is 0. The molecular formula is H3KOVZn. The van der Waals surface area contributed by atoms with E-state index in [4.69, 9.17) is 0 Å². The first kappa shape index (κ1) is 29.2. The standard InChI is InChI=1S/K.H2O.V.Zn.H/h;1H2;;;/q+1;;;;-1.